The van der Waals surface area contributed by atoms with Gasteiger partial charge in [-0.3, -0.25) is 5.43 Å². The molecule has 0 aromatic heterocycles. The molecule has 0 atom stereocenters. The second-order valence-electron chi connectivity index (χ2n) is 5.05. The van der Waals surface area contributed by atoms with E-state index in [4.69, 9.17) is 0 Å². The van der Waals surface area contributed by atoms with Gasteiger partial charge in [-0.2, -0.15) is 0 Å². The first kappa shape index (κ1) is 10.3. The zero-order valence-corrected chi connectivity index (χ0v) is 9.78. The number of hydrogen-bond acceptors (Lipinski definition) is 2. The Morgan fingerprint density at radius 3 is 2.19 bits per heavy atom. The van der Waals surface area contributed by atoms with E-state index in [0.717, 1.165) is 0 Å². The number of benzene rings is 1. The maximum atomic E-state index is 3.70. The van der Waals surface area contributed by atoms with Gasteiger partial charge in [0.15, 0.2) is 0 Å². The van der Waals surface area contributed by atoms with Crippen molar-refractivity contribution in [3.05, 3.63) is 35.4 Å². The van der Waals surface area contributed by atoms with Crippen LogP contribution in [0.25, 0.3) is 0 Å². The fourth-order valence-electron chi connectivity index (χ4n) is 2.93. The lowest BCUT2D eigenvalue weighted by molar-refractivity contribution is 0.130. The highest BCUT2D eigenvalue weighted by Crippen LogP contribution is 2.22. The summed E-state index contributed by atoms with van der Waals surface area (Å²) >= 11 is 0. The SMILES string of the molecule is c1ccc2c(c1)CC(NN1CCCCC1)C2. The highest BCUT2D eigenvalue weighted by molar-refractivity contribution is 5.33. The van der Waals surface area contributed by atoms with Crippen molar-refractivity contribution in [3.8, 4) is 0 Å². The summed E-state index contributed by atoms with van der Waals surface area (Å²) in [6.45, 7) is 2.46. The minimum absolute atomic E-state index is 0.635. The quantitative estimate of drug-likeness (QED) is 0.815. The number of rotatable bonds is 2. The molecule has 2 nitrogen and oxygen atoms in total. The molecule has 1 saturated heterocycles. The molecular weight excluding hydrogens is 196 g/mol. The van der Waals surface area contributed by atoms with Crippen LogP contribution in [0.1, 0.15) is 30.4 Å². The number of nitrogens with one attached hydrogen (secondary N) is 1. The molecule has 1 aliphatic heterocycles. The Balaban J connectivity index is 1.59. The maximum Gasteiger partial charge on any atom is 0.0296 e. The third-order valence-electron chi connectivity index (χ3n) is 3.77. The van der Waals surface area contributed by atoms with Gasteiger partial charge in [0.1, 0.15) is 0 Å². The zero-order valence-electron chi connectivity index (χ0n) is 9.78. The molecule has 1 heterocycles. The molecule has 3 rings (SSSR count). The molecule has 0 bridgehead atoms. The second-order valence-corrected chi connectivity index (χ2v) is 5.05. The lowest BCUT2D eigenvalue weighted by Crippen LogP contribution is -2.47. The molecule has 1 aliphatic carbocycles. The topological polar surface area (TPSA) is 15.3 Å². The predicted octanol–water partition coefficient (Wildman–Crippen LogP) is 2.14. The zero-order chi connectivity index (χ0) is 10.8. The van der Waals surface area contributed by atoms with E-state index in [9.17, 15) is 0 Å². The van der Waals surface area contributed by atoms with Crippen molar-refractivity contribution in [2.75, 3.05) is 13.1 Å². The number of hydrogen-bond donors (Lipinski definition) is 1. The molecule has 0 saturated carbocycles. The molecule has 0 amide bonds. The first-order chi connectivity index (χ1) is 7.92. The summed E-state index contributed by atoms with van der Waals surface area (Å²) in [4.78, 5) is 0. The van der Waals surface area contributed by atoms with Gasteiger partial charge in [0.05, 0.1) is 0 Å². The third kappa shape index (κ3) is 2.13. The van der Waals surface area contributed by atoms with Crippen LogP contribution in [0.3, 0.4) is 0 Å². The molecule has 0 unspecified atom stereocenters. The van der Waals surface area contributed by atoms with Gasteiger partial charge in [0, 0.05) is 19.1 Å². The summed E-state index contributed by atoms with van der Waals surface area (Å²) in [7, 11) is 0. The molecule has 1 N–H and O–H groups in total. The van der Waals surface area contributed by atoms with E-state index in [1.165, 1.54) is 56.3 Å². The smallest absolute Gasteiger partial charge is 0.0296 e. The van der Waals surface area contributed by atoms with Crippen molar-refractivity contribution >= 4 is 0 Å². The van der Waals surface area contributed by atoms with E-state index < -0.39 is 0 Å². The van der Waals surface area contributed by atoms with E-state index in [1.54, 1.807) is 0 Å². The van der Waals surface area contributed by atoms with Gasteiger partial charge >= 0.3 is 0 Å². The second kappa shape index (κ2) is 4.56. The minimum Gasteiger partial charge on any atom is -0.251 e. The van der Waals surface area contributed by atoms with Gasteiger partial charge in [-0.25, -0.2) is 5.01 Å². The molecule has 16 heavy (non-hydrogen) atoms. The van der Waals surface area contributed by atoms with Crippen molar-refractivity contribution in [2.24, 2.45) is 0 Å². The number of fused-ring (bicyclic) bond motifs is 1. The van der Waals surface area contributed by atoms with Crippen LogP contribution in [0.2, 0.25) is 0 Å². The number of nitrogens with zero attached hydrogens (tertiary/aromatic N) is 1. The molecule has 0 radical (unpaired) electrons. The molecule has 0 spiro atoms. The highest BCUT2D eigenvalue weighted by Gasteiger charge is 2.22. The summed E-state index contributed by atoms with van der Waals surface area (Å²) in [6, 6.07) is 9.49. The fourth-order valence-corrected chi connectivity index (χ4v) is 2.93. The van der Waals surface area contributed by atoms with E-state index in [-0.39, 0.29) is 0 Å². The van der Waals surface area contributed by atoms with Crippen molar-refractivity contribution in [2.45, 2.75) is 38.1 Å². The van der Waals surface area contributed by atoms with E-state index in [0.29, 0.717) is 6.04 Å². The fraction of sp³-hybridized carbons (Fsp3) is 0.571. The summed E-state index contributed by atoms with van der Waals surface area (Å²) in [6.07, 6.45) is 6.52. The first-order valence-corrected chi connectivity index (χ1v) is 6.50. The summed E-state index contributed by atoms with van der Waals surface area (Å²) in [5.74, 6) is 0. The lowest BCUT2D eigenvalue weighted by Gasteiger charge is -2.30. The Bertz CT molecular complexity index is 331. The molecule has 1 fully saturated rings. The Labute approximate surface area is 97.6 Å². The van der Waals surface area contributed by atoms with Crippen LogP contribution in [-0.4, -0.2) is 24.1 Å². The summed E-state index contributed by atoms with van der Waals surface area (Å²) in [5, 5.41) is 2.43. The van der Waals surface area contributed by atoms with Crippen molar-refractivity contribution < 1.29 is 0 Å². The largest absolute Gasteiger partial charge is 0.251 e. The molecule has 2 heteroatoms. The molecule has 1 aromatic rings. The standard InChI is InChI=1S/C14H20N2/c1-4-8-16(9-5-1)15-14-10-12-6-2-3-7-13(12)11-14/h2-3,6-7,14-15H,1,4-5,8-11H2. The Kier molecular flexibility index (Phi) is 2.94. The van der Waals surface area contributed by atoms with Crippen LogP contribution < -0.4 is 5.43 Å². The Morgan fingerprint density at radius 1 is 0.938 bits per heavy atom. The molecule has 2 aliphatic rings. The van der Waals surface area contributed by atoms with E-state index >= 15 is 0 Å². The van der Waals surface area contributed by atoms with Gasteiger partial charge in [-0.1, -0.05) is 30.7 Å². The summed E-state index contributed by atoms with van der Waals surface area (Å²) < 4.78 is 0. The van der Waals surface area contributed by atoms with Crippen LogP contribution in [0.5, 0.6) is 0 Å². The number of hydrazine groups is 1. The van der Waals surface area contributed by atoms with Gasteiger partial charge < -0.3 is 0 Å². The van der Waals surface area contributed by atoms with Crippen molar-refractivity contribution in [3.63, 3.8) is 0 Å². The van der Waals surface area contributed by atoms with Crippen LogP contribution in [0.4, 0.5) is 0 Å². The van der Waals surface area contributed by atoms with Crippen LogP contribution >= 0.6 is 0 Å². The normalized spacial score (nSPS) is 22.2. The lowest BCUT2D eigenvalue weighted by atomic mass is 10.1. The summed E-state index contributed by atoms with van der Waals surface area (Å²) in [5.41, 5.74) is 6.78. The molecule has 1 aromatic carbocycles. The van der Waals surface area contributed by atoms with E-state index in [1.807, 2.05) is 0 Å². The van der Waals surface area contributed by atoms with Gasteiger partial charge in [-0.05, 0) is 36.8 Å². The van der Waals surface area contributed by atoms with Crippen LogP contribution in [-0.2, 0) is 12.8 Å². The third-order valence-corrected chi connectivity index (χ3v) is 3.77. The minimum atomic E-state index is 0.635. The number of piperidine rings is 1. The predicted molar refractivity (Wildman–Crippen MR) is 66.2 cm³/mol. The van der Waals surface area contributed by atoms with Crippen molar-refractivity contribution in [1.82, 2.24) is 10.4 Å². The molecular formula is C14H20N2. The average Bonchev–Trinajstić information content (AvgIpc) is 2.72. The van der Waals surface area contributed by atoms with Gasteiger partial charge in [0.25, 0.3) is 0 Å². The van der Waals surface area contributed by atoms with Gasteiger partial charge in [0.2, 0.25) is 0 Å². The molecule has 86 valence electrons. The maximum absolute atomic E-state index is 3.70. The van der Waals surface area contributed by atoms with Gasteiger partial charge in [-0.15, -0.1) is 0 Å². The Morgan fingerprint density at radius 2 is 1.56 bits per heavy atom. The van der Waals surface area contributed by atoms with E-state index in [2.05, 4.69) is 34.7 Å². The van der Waals surface area contributed by atoms with Crippen molar-refractivity contribution in [1.29, 1.82) is 0 Å². The first-order valence-electron chi connectivity index (χ1n) is 6.50. The highest BCUT2D eigenvalue weighted by atomic mass is 15.5. The monoisotopic (exact) mass is 216 g/mol. The Hall–Kier alpha value is -0.860. The van der Waals surface area contributed by atoms with Crippen LogP contribution in [0.15, 0.2) is 24.3 Å². The average molecular weight is 216 g/mol. The van der Waals surface area contributed by atoms with Crippen LogP contribution in [0, 0.1) is 0 Å².